The van der Waals surface area contributed by atoms with Crippen molar-refractivity contribution in [3.8, 4) is 0 Å². The lowest BCUT2D eigenvalue weighted by Crippen LogP contribution is -2.53. The first-order valence-corrected chi connectivity index (χ1v) is 13.6. The number of carbonyl (C=O) groups is 2. The molecule has 1 aliphatic carbocycles. The summed E-state index contributed by atoms with van der Waals surface area (Å²) < 4.78 is 7.12. The molecule has 0 spiro atoms. The Bertz CT molecular complexity index is 1490. The third-order valence-corrected chi connectivity index (χ3v) is 7.33. The fourth-order valence-corrected chi connectivity index (χ4v) is 5.36. The van der Waals surface area contributed by atoms with E-state index in [9.17, 15) is 14.4 Å². The molecule has 2 amide bonds. The highest BCUT2D eigenvalue weighted by Gasteiger charge is 2.31. The number of anilines is 3. The fraction of sp³-hybridized carbons (Fsp3) is 0.464. The van der Waals surface area contributed by atoms with E-state index in [1.54, 1.807) is 42.5 Å². The van der Waals surface area contributed by atoms with Crippen molar-refractivity contribution in [1.82, 2.24) is 19.4 Å². The van der Waals surface area contributed by atoms with Gasteiger partial charge in [0.2, 0.25) is 11.9 Å². The maximum Gasteiger partial charge on any atom is 0.410 e. The molecule has 1 saturated heterocycles. The molecule has 0 unspecified atom stereocenters. The Labute approximate surface area is 231 Å². The smallest absolute Gasteiger partial charge is 0.410 e. The van der Waals surface area contributed by atoms with Crippen LogP contribution in [0.15, 0.2) is 35.3 Å². The zero-order valence-electron chi connectivity index (χ0n) is 22.7. The minimum atomic E-state index is -0.618. The number of pyridine rings is 1. The van der Waals surface area contributed by atoms with E-state index in [1.807, 2.05) is 25.1 Å². The van der Waals surface area contributed by atoms with Crippen LogP contribution >= 0.6 is 11.6 Å². The number of hydrogen-bond acceptors (Lipinski definition) is 7. The average molecular weight is 553 g/mol. The zero-order chi connectivity index (χ0) is 27.9. The Morgan fingerprint density at radius 3 is 2.54 bits per heavy atom. The maximum absolute atomic E-state index is 12.9. The number of ether oxygens (including phenoxy) is 1. The highest BCUT2D eigenvalue weighted by atomic mass is 35.5. The van der Waals surface area contributed by atoms with Crippen molar-refractivity contribution < 1.29 is 14.3 Å². The Morgan fingerprint density at radius 2 is 1.87 bits per heavy atom. The molecule has 1 saturated carbocycles. The second-order valence-corrected chi connectivity index (χ2v) is 11.6. The number of halogens is 1. The predicted molar refractivity (Wildman–Crippen MR) is 151 cm³/mol. The molecule has 2 aromatic heterocycles. The Balaban J connectivity index is 1.34. The van der Waals surface area contributed by atoms with E-state index < -0.39 is 11.7 Å². The van der Waals surface area contributed by atoms with Crippen LogP contribution in [0.25, 0.3) is 11.0 Å². The minimum absolute atomic E-state index is 0.0361. The SMILES string of the molecule is Cc1cc(N2CCN(C(=O)OC(C)(C)C)CC2=O)ccc1Nc1ncc2cc(Cl)c(=O)n(C3CCCC3)c2n1. The van der Waals surface area contributed by atoms with Crippen LogP contribution in [-0.4, -0.2) is 56.7 Å². The summed E-state index contributed by atoms with van der Waals surface area (Å²) in [5.74, 6) is 0.197. The quantitative estimate of drug-likeness (QED) is 0.474. The van der Waals surface area contributed by atoms with Gasteiger partial charge in [-0.2, -0.15) is 4.98 Å². The van der Waals surface area contributed by atoms with Crippen molar-refractivity contribution in [2.45, 2.75) is 65.0 Å². The van der Waals surface area contributed by atoms with Crippen LogP contribution in [0.2, 0.25) is 5.02 Å². The molecule has 2 fully saturated rings. The van der Waals surface area contributed by atoms with Gasteiger partial charge in [0.05, 0.1) is 0 Å². The summed E-state index contributed by atoms with van der Waals surface area (Å²) in [6.07, 6.45) is 5.19. The van der Waals surface area contributed by atoms with Gasteiger partial charge in [-0.05, 0) is 70.4 Å². The summed E-state index contributed by atoms with van der Waals surface area (Å²) in [6, 6.07) is 7.34. The summed E-state index contributed by atoms with van der Waals surface area (Å²) in [5, 5.41) is 4.15. The molecule has 11 heteroatoms. The first kappa shape index (κ1) is 26.9. The van der Waals surface area contributed by atoms with E-state index in [-0.39, 0.29) is 29.1 Å². The maximum atomic E-state index is 12.9. The highest BCUT2D eigenvalue weighted by Crippen LogP contribution is 2.32. The van der Waals surface area contributed by atoms with E-state index in [2.05, 4.69) is 10.3 Å². The molecule has 39 heavy (non-hydrogen) atoms. The Morgan fingerprint density at radius 1 is 1.13 bits per heavy atom. The van der Waals surface area contributed by atoms with E-state index >= 15 is 0 Å². The second kappa shape index (κ2) is 10.5. The number of rotatable bonds is 4. The number of carbonyl (C=O) groups excluding carboxylic acids is 2. The summed E-state index contributed by atoms with van der Waals surface area (Å²) in [4.78, 5) is 50.4. The molecule has 1 aliphatic heterocycles. The number of aromatic nitrogens is 3. The topological polar surface area (TPSA) is 110 Å². The number of nitrogens with one attached hydrogen (secondary N) is 1. The van der Waals surface area contributed by atoms with Crippen molar-refractivity contribution in [3.05, 3.63) is 51.4 Å². The van der Waals surface area contributed by atoms with Crippen LogP contribution in [0, 0.1) is 6.92 Å². The third kappa shape index (κ3) is 5.71. The van der Waals surface area contributed by atoms with Gasteiger partial charge in [-0.1, -0.05) is 24.4 Å². The molecule has 5 rings (SSSR count). The molecule has 1 N–H and O–H groups in total. The van der Waals surface area contributed by atoms with Gasteiger partial charge in [0.25, 0.3) is 5.56 Å². The van der Waals surface area contributed by atoms with Crippen LogP contribution in [0.3, 0.4) is 0 Å². The van der Waals surface area contributed by atoms with Gasteiger partial charge in [-0.3, -0.25) is 19.1 Å². The number of aryl methyl sites for hydroxylation is 1. The summed E-state index contributed by atoms with van der Waals surface area (Å²) in [6.45, 7) is 8.06. The minimum Gasteiger partial charge on any atom is -0.444 e. The van der Waals surface area contributed by atoms with Gasteiger partial charge >= 0.3 is 6.09 Å². The highest BCUT2D eigenvalue weighted by molar-refractivity contribution is 6.31. The summed E-state index contributed by atoms with van der Waals surface area (Å²) in [7, 11) is 0. The van der Waals surface area contributed by atoms with Crippen molar-refractivity contribution in [3.63, 3.8) is 0 Å². The van der Waals surface area contributed by atoms with Crippen LogP contribution < -0.4 is 15.8 Å². The third-order valence-electron chi connectivity index (χ3n) is 7.06. The van der Waals surface area contributed by atoms with Gasteiger partial charge in [0, 0.05) is 42.1 Å². The van der Waals surface area contributed by atoms with Gasteiger partial charge in [0.15, 0.2) is 0 Å². The number of hydrogen-bond donors (Lipinski definition) is 1. The number of amides is 2. The molecule has 3 aromatic rings. The fourth-order valence-electron chi connectivity index (χ4n) is 5.15. The molecule has 0 radical (unpaired) electrons. The molecule has 1 aromatic carbocycles. The zero-order valence-corrected chi connectivity index (χ0v) is 23.4. The first-order chi connectivity index (χ1) is 18.5. The van der Waals surface area contributed by atoms with Crippen molar-refractivity contribution >= 4 is 52.0 Å². The molecule has 2 aliphatic rings. The molecule has 0 atom stereocenters. The molecule has 3 heterocycles. The van der Waals surface area contributed by atoms with Crippen molar-refractivity contribution in [2.24, 2.45) is 0 Å². The van der Waals surface area contributed by atoms with E-state index in [0.717, 1.165) is 42.6 Å². The standard InChI is InChI=1S/C28H33ClN6O4/c1-17-13-20(34-12-11-33(16-23(34)36)27(38)39-28(2,3)4)9-10-22(17)31-26-30-15-18-14-21(29)25(37)35(24(18)32-26)19-7-5-6-8-19/h9-10,13-15,19H,5-8,11-12,16H2,1-4H3,(H,30,31,32). The first-order valence-electron chi connectivity index (χ1n) is 13.2. The van der Waals surface area contributed by atoms with Gasteiger partial charge in [0.1, 0.15) is 22.8 Å². The summed E-state index contributed by atoms with van der Waals surface area (Å²) >= 11 is 6.24. The second-order valence-electron chi connectivity index (χ2n) is 11.1. The molecule has 206 valence electrons. The number of piperazine rings is 1. The van der Waals surface area contributed by atoms with E-state index in [0.29, 0.717) is 30.1 Å². The molecular weight excluding hydrogens is 520 g/mol. The monoisotopic (exact) mass is 552 g/mol. The molecule has 0 bridgehead atoms. The normalized spacial score (nSPS) is 16.7. The lowest BCUT2D eigenvalue weighted by Gasteiger charge is -2.35. The average Bonchev–Trinajstić information content (AvgIpc) is 3.40. The van der Waals surface area contributed by atoms with Crippen LogP contribution in [-0.2, 0) is 9.53 Å². The Hall–Kier alpha value is -3.66. The van der Waals surface area contributed by atoms with Crippen LogP contribution in [0.4, 0.5) is 22.1 Å². The van der Waals surface area contributed by atoms with Crippen LogP contribution in [0.1, 0.15) is 58.1 Å². The van der Waals surface area contributed by atoms with Crippen LogP contribution in [0.5, 0.6) is 0 Å². The van der Waals surface area contributed by atoms with E-state index in [4.69, 9.17) is 21.3 Å². The largest absolute Gasteiger partial charge is 0.444 e. The van der Waals surface area contributed by atoms with Crippen molar-refractivity contribution in [2.75, 3.05) is 29.9 Å². The number of nitrogens with zero attached hydrogens (tertiary/aromatic N) is 5. The predicted octanol–water partition coefficient (Wildman–Crippen LogP) is 5.20. The number of benzene rings is 1. The molecular formula is C28H33ClN6O4. The van der Waals surface area contributed by atoms with Crippen molar-refractivity contribution in [1.29, 1.82) is 0 Å². The summed E-state index contributed by atoms with van der Waals surface area (Å²) in [5.41, 5.74) is 2.14. The molecule has 10 nitrogen and oxygen atoms in total. The van der Waals surface area contributed by atoms with Gasteiger partial charge in [-0.25, -0.2) is 9.78 Å². The lowest BCUT2D eigenvalue weighted by atomic mass is 10.1. The van der Waals surface area contributed by atoms with Gasteiger partial charge in [-0.15, -0.1) is 0 Å². The van der Waals surface area contributed by atoms with E-state index in [1.165, 1.54) is 4.90 Å². The number of fused-ring (bicyclic) bond motifs is 1. The van der Waals surface area contributed by atoms with Gasteiger partial charge < -0.3 is 15.0 Å². The lowest BCUT2D eigenvalue weighted by molar-refractivity contribution is -0.121. The Kier molecular flexibility index (Phi) is 7.24.